The summed E-state index contributed by atoms with van der Waals surface area (Å²) in [4.78, 5) is 4.63. The van der Waals surface area contributed by atoms with Gasteiger partial charge in [0, 0.05) is 20.0 Å². The van der Waals surface area contributed by atoms with E-state index in [4.69, 9.17) is 0 Å². The second-order valence-corrected chi connectivity index (χ2v) is 5.28. The number of rotatable bonds is 2. The largest absolute Gasteiger partial charge is 0.253 e. The number of aryl methyl sites for hydroxylation is 1. The van der Waals surface area contributed by atoms with Crippen LogP contribution in [0.25, 0.3) is 10.9 Å². The van der Waals surface area contributed by atoms with E-state index in [0.717, 1.165) is 38.4 Å². The van der Waals surface area contributed by atoms with E-state index in [1.54, 1.807) is 0 Å². The highest BCUT2D eigenvalue weighted by Gasteiger charge is 2.03. The van der Waals surface area contributed by atoms with Crippen LogP contribution in [-0.2, 0) is 6.42 Å². The van der Waals surface area contributed by atoms with Crippen LogP contribution in [0, 0.1) is 0 Å². The Morgan fingerprint density at radius 3 is 2.62 bits per heavy atom. The first-order valence-corrected chi connectivity index (χ1v) is 6.54. The summed E-state index contributed by atoms with van der Waals surface area (Å²) in [6.07, 6.45) is 2.15. The Morgan fingerprint density at radius 1 is 1.19 bits per heavy atom. The lowest BCUT2D eigenvalue weighted by Gasteiger charge is -2.04. The SMILES string of the molecule is Br.CCCc1cc(Br)c2ccc(Br)cc2n1. The van der Waals surface area contributed by atoms with Crippen LogP contribution in [0.3, 0.4) is 0 Å². The van der Waals surface area contributed by atoms with Gasteiger partial charge in [0.2, 0.25) is 0 Å². The highest BCUT2D eigenvalue weighted by molar-refractivity contribution is 9.11. The smallest absolute Gasteiger partial charge is 0.0727 e. The molecule has 4 heteroatoms. The molecule has 1 aromatic heterocycles. The van der Waals surface area contributed by atoms with Gasteiger partial charge >= 0.3 is 0 Å². The Morgan fingerprint density at radius 2 is 1.94 bits per heavy atom. The Kier molecular flexibility index (Phi) is 5.41. The molecular formula is C12H12Br3N. The molecule has 0 unspecified atom stereocenters. The minimum atomic E-state index is 0. The Balaban J connectivity index is 0.00000128. The van der Waals surface area contributed by atoms with Crippen molar-refractivity contribution in [1.29, 1.82) is 0 Å². The third-order valence-corrected chi connectivity index (χ3v) is 3.43. The molecule has 1 nitrogen and oxygen atoms in total. The first-order valence-electron chi connectivity index (χ1n) is 4.95. The van der Waals surface area contributed by atoms with Crippen molar-refractivity contribution in [3.63, 3.8) is 0 Å². The van der Waals surface area contributed by atoms with Gasteiger partial charge in [-0.25, -0.2) is 0 Å². The van der Waals surface area contributed by atoms with Gasteiger partial charge in [0.25, 0.3) is 0 Å². The highest BCUT2D eigenvalue weighted by atomic mass is 79.9. The minimum absolute atomic E-state index is 0. The summed E-state index contributed by atoms with van der Waals surface area (Å²) in [5.41, 5.74) is 2.19. The summed E-state index contributed by atoms with van der Waals surface area (Å²) in [6.45, 7) is 2.17. The molecule has 86 valence electrons. The molecule has 0 fully saturated rings. The second-order valence-electron chi connectivity index (χ2n) is 3.51. The average Bonchev–Trinajstić information content (AvgIpc) is 2.17. The highest BCUT2D eigenvalue weighted by Crippen LogP contribution is 2.26. The van der Waals surface area contributed by atoms with Crippen molar-refractivity contribution in [2.24, 2.45) is 0 Å². The zero-order chi connectivity index (χ0) is 10.8. The van der Waals surface area contributed by atoms with Gasteiger partial charge in [-0.15, -0.1) is 17.0 Å². The number of halogens is 3. The first kappa shape index (κ1) is 14.1. The molecule has 1 aromatic carbocycles. The topological polar surface area (TPSA) is 12.9 Å². The number of pyridine rings is 1. The summed E-state index contributed by atoms with van der Waals surface area (Å²) in [7, 11) is 0. The first-order chi connectivity index (χ1) is 7.20. The summed E-state index contributed by atoms with van der Waals surface area (Å²) < 4.78 is 2.20. The molecule has 0 N–H and O–H groups in total. The van der Waals surface area contributed by atoms with E-state index in [-0.39, 0.29) is 17.0 Å². The predicted octanol–water partition coefficient (Wildman–Crippen LogP) is 5.29. The molecule has 0 aliphatic rings. The van der Waals surface area contributed by atoms with Gasteiger partial charge in [0.15, 0.2) is 0 Å². The molecule has 1 heterocycles. The Labute approximate surface area is 123 Å². The number of hydrogen-bond acceptors (Lipinski definition) is 1. The maximum Gasteiger partial charge on any atom is 0.0727 e. The van der Waals surface area contributed by atoms with E-state index in [1.165, 1.54) is 0 Å². The molecule has 2 rings (SSSR count). The number of fused-ring (bicyclic) bond motifs is 1. The molecule has 0 spiro atoms. The van der Waals surface area contributed by atoms with Crippen molar-refractivity contribution < 1.29 is 0 Å². The van der Waals surface area contributed by atoms with Crippen LogP contribution >= 0.6 is 48.8 Å². The van der Waals surface area contributed by atoms with Gasteiger partial charge < -0.3 is 0 Å². The van der Waals surface area contributed by atoms with Crippen LogP contribution in [0.1, 0.15) is 19.0 Å². The third-order valence-electron chi connectivity index (χ3n) is 2.28. The van der Waals surface area contributed by atoms with Gasteiger partial charge in [-0.1, -0.05) is 51.3 Å². The fourth-order valence-corrected chi connectivity index (χ4v) is 2.54. The maximum absolute atomic E-state index is 4.63. The summed E-state index contributed by atoms with van der Waals surface area (Å²) in [5.74, 6) is 0. The fraction of sp³-hybridized carbons (Fsp3) is 0.250. The number of aromatic nitrogens is 1. The Bertz CT molecular complexity index is 497. The molecule has 0 amide bonds. The quantitative estimate of drug-likeness (QED) is 0.656. The number of nitrogens with zero attached hydrogens (tertiary/aromatic N) is 1. The molecule has 0 radical (unpaired) electrons. The van der Waals surface area contributed by atoms with Gasteiger partial charge in [-0.3, -0.25) is 4.98 Å². The molecule has 0 saturated carbocycles. The standard InChI is InChI=1S/C12H11Br2N.BrH/c1-2-3-9-7-11(14)10-5-4-8(13)6-12(10)15-9;/h4-7H,2-3H2,1H3;1H. The van der Waals surface area contributed by atoms with Crippen molar-refractivity contribution >= 4 is 59.7 Å². The van der Waals surface area contributed by atoms with Crippen molar-refractivity contribution in [1.82, 2.24) is 4.98 Å². The van der Waals surface area contributed by atoms with Gasteiger partial charge in [-0.05, 0) is 24.6 Å². The fourth-order valence-electron chi connectivity index (χ4n) is 1.59. The maximum atomic E-state index is 4.63. The lowest BCUT2D eigenvalue weighted by molar-refractivity contribution is 0.889. The molecule has 0 aliphatic heterocycles. The van der Waals surface area contributed by atoms with E-state index < -0.39 is 0 Å². The monoisotopic (exact) mass is 407 g/mol. The van der Waals surface area contributed by atoms with E-state index in [0.29, 0.717) is 0 Å². The van der Waals surface area contributed by atoms with Crippen LogP contribution < -0.4 is 0 Å². The summed E-state index contributed by atoms with van der Waals surface area (Å²) in [6, 6.07) is 8.28. The lowest BCUT2D eigenvalue weighted by atomic mass is 10.1. The molecule has 0 atom stereocenters. The minimum Gasteiger partial charge on any atom is -0.253 e. The molecule has 0 bridgehead atoms. The number of benzene rings is 1. The molecule has 0 saturated heterocycles. The molecule has 0 aliphatic carbocycles. The van der Waals surface area contributed by atoms with Gasteiger partial charge in [0.05, 0.1) is 5.52 Å². The summed E-state index contributed by atoms with van der Waals surface area (Å²) in [5, 5.41) is 1.16. The van der Waals surface area contributed by atoms with Crippen molar-refractivity contribution in [2.75, 3.05) is 0 Å². The van der Waals surface area contributed by atoms with Crippen molar-refractivity contribution in [3.05, 3.63) is 38.9 Å². The van der Waals surface area contributed by atoms with Crippen LogP contribution in [0.5, 0.6) is 0 Å². The van der Waals surface area contributed by atoms with E-state index >= 15 is 0 Å². The van der Waals surface area contributed by atoms with E-state index in [2.05, 4.69) is 62.0 Å². The van der Waals surface area contributed by atoms with Crippen LogP contribution in [0.4, 0.5) is 0 Å². The zero-order valence-corrected chi connectivity index (χ0v) is 13.7. The molecule has 2 aromatic rings. The molecule has 16 heavy (non-hydrogen) atoms. The van der Waals surface area contributed by atoms with Gasteiger partial charge in [-0.2, -0.15) is 0 Å². The third kappa shape index (κ3) is 3.05. The van der Waals surface area contributed by atoms with E-state index in [9.17, 15) is 0 Å². The number of hydrogen-bond donors (Lipinski definition) is 0. The normalized spacial score (nSPS) is 10.2. The lowest BCUT2D eigenvalue weighted by Crippen LogP contribution is -1.90. The second kappa shape index (κ2) is 6.12. The summed E-state index contributed by atoms with van der Waals surface area (Å²) >= 11 is 7.05. The van der Waals surface area contributed by atoms with Crippen molar-refractivity contribution in [2.45, 2.75) is 19.8 Å². The van der Waals surface area contributed by atoms with Crippen LogP contribution in [0.2, 0.25) is 0 Å². The van der Waals surface area contributed by atoms with Crippen LogP contribution in [-0.4, -0.2) is 4.98 Å². The van der Waals surface area contributed by atoms with E-state index in [1.807, 2.05) is 6.07 Å². The van der Waals surface area contributed by atoms with Crippen LogP contribution in [0.15, 0.2) is 33.2 Å². The predicted molar refractivity (Wildman–Crippen MR) is 81.5 cm³/mol. The Hall–Kier alpha value is 0.0700. The zero-order valence-electron chi connectivity index (χ0n) is 8.84. The average molecular weight is 410 g/mol. The van der Waals surface area contributed by atoms with Gasteiger partial charge in [0.1, 0.15) is 0 Å². The molecular weight excluding hydrogens is 398 g/mol. The van der Waals surface area contributed by atoms with Crippen molar-refractivity contribution in [3.8, 4) is 0 Å².